The van der Waals surface area contributed by atoms with Gasteiger partial charge < -0.3 is 10.1 Å². The first-order chi connectivity index (χ1) is 10.9. The van der Waals surface area contributed by atoms with Crippen molar-refractivity contribution in [2.45, 2.75) is 40.2 Å². The summed E-state index contributed by atoms with van der Waals surface area (Å²) in [6, 6.07) is 11.3. The van der Waals surface area contributed by atoms with Gasteiger partial charge in [0.25, 0.3) is 5.91 Å². The average molecular weight is 332 g/mol. The molecule has 0 aliphatic carbocycles. The van der Waals surface area contributed by atoms with Gasteiger partial charge in [0.05, 0.1) is 0 Å². The minimum absolute atomic E-state index is 0.150. The Hall–Kier alpha value is -2.00. The van der Waals surface area contributed by atoms with E-state index in [-0.39, 0.29) is 5.91 Å². The molecule has 0 spiro atoms. The van der Waals surface area contributed by atoms with Crippen molar-refractivity contribution >= 4 is 23.2 Å². The van der Waals surface area contributed by atoms with Gasteiger partial charge in [-0.1, -0.05) is 24.6 Å². The van der Waals surface area contributed by atoms with Crippen LogP contribution >= 0.6 is 11.6 Å². The summed E-state index contributed by atoms with van der Waals surface area (Å²) < 4.78 is 5.82. The Kier molecular flexibility index (Phi) is 5.67. The van der Waals surface area contributed by atoms with Crippen LogP contribution in [0, 0.1) is 20.8 Å². The summed E-state index contributed by atoms with van der Waals surface area (Å²) in [5, 5.41) is 3.60. The van der Waals surface area contributed by atoms with Crippen molar-refractivity contribution < 1.29 is 9.53 Å². The van der Waals surface area contributed by atoms with Crippen molar-refractivity contribution in [3.63, 3.8) is 0 Å². The molecule has 0 fully saturated rings. The topological polar surface area (TPSA) is 38.3 Å². The number of hydrogen-bond acceptors (Lipinski definition) is 2. The summed E-state index contributed by atoms with van der Waals surface area (Å²) in [6.07, 6.45) is 0.0374. The smallest absolute Gasteiger partial charge is 0.265 e. The highest BCUT2D eigenvalue weighted by Gasteiger charge is 2.19. The maximum Gasteiger partial charge on any atom is 0.265 e. The Balaban J connectivity index is 2.08. The van der Waals surface area contributed by atoms with Crippen molar-refractivity contribution in [3.8, 4) is 5.75 Å². The molecule has 1 amide bonds. The second-order valence-corrected chi connectivity index (χ2v) is 6.12. The summed E-state index contributed by atoms with van der Waals surface area (Å²) in [5.41, 5.74) is 4.05. The van der Waals surface area contributed by atoms with Gasteiger partial charge in [0, 0.05) is 10.7 Å². The molecule has 2 aromatic carbocycles. The monoisotopic (exact) mass is 331 g/mol. The number of nitrogens with one attached hydrogen (secondary N) is 1. The molecule has 0 aliphatic heterocycles. The number of hydrogen-bond donors (Lipinski definition) is 1. The highest BCUT2D eigenvalue weighted by Crippen LogP contribution is 2.23. The van der Waals surface area contributed by atoms with Crippen LogP contribution in [0.4, 0.5) is 5.69 Å². The zero-order valence-electron chi connectivity index (χ0n) is 13.9. The number of halogens is 1. The summed E-state index contributed by atoms with van der Waals surface area (Å²) in [6.45, 7) is 7.90. The van der Waals surface area contributed by atoms with E-state index in [0.29, 0.717) is 17.2 Å². The van der Waals surface area contributed by atoms with Crippen molar-refractivity contribution in [2.24, 2.45) is 0 Å². The predicted octanol–water partition coefficient (Wildman–Crippen LogP) is 5.06. The number of benzene rings is 2. The number of aryl methyl sites for hydroxylation is 3. The molecule has 0 unspecified atom stereocenters. The molecule has 3 nitrogen and oxygen atoms in total. The van der Waals surface area contributed by atoms with Crippen LogP contribution in [0.1, 0.15) is 30.0 Å². The van der Waals surface area contributed by atoms with E-state index in [4.69, 9.17) is 16.3 Å². The highest BCUT2D eigenvalue weighted by atomic mass is 35.5. The molecular formula is C19H22ClNO2. The number of anilines is 1. The van der Waals surface area contributed by atoms with Gasteiger partial charge in [0.15, 0.2) is 6.10 Å². The molecule has 0 saturated carbocycles. The fourth-order valence-corrected chi connectivity index (χ4v) is 2.34. The predicted molar refractivity (Wildman–Crippen MR) is 95.4 cm³/mol. The van der Waals surface area contributed by atoms with Gasteiger partial charge in [-0.3, -0.25) is 4.79 Å². The van der Waals surface area contributed by atoms with Crippen molar-refractivity contribution in [1.82, 2.24) is 0 Å². The summed E-state index contributed by atoms with van der Waals surface area (Å²) in [7, 11) is 0. The summed E-state index contributed by atoms with van der Waals surface area (Å²) in [5.74, 6) is 0.498. The molecule has 4 heteroatoms. The Morgan fingerprint density at radius 1 is 1.09 bits per heavy atom. The molecule has 1 N–H and O–H groups in total. The molecule has 0 bridgehead atoms. The van der Waals surface area contributed by atoms with Gasteiger partial charge in [-0.2, -0.15) is 0 Å². The first kappa shape index (κ1) is 17.4. The van der Waals surface area contributed by atoms with Crippen molar-refractivity contribution in [2.75, 3.05) is 5.32 Å². The third-order valence-corrected chi connectivity index (χ3v) is 4.27. The van der Waals surface area contributed by atoms with Crippen LogP contribution < -0.4 is 10.1 Å². The normalized spacial score (nSPS) is 11.9. The van der Waals surface area contributed by atoms with Crippen LogP contribution in [-0.4, -0.2) is 12.0 Å². The van der Waals surface area contributed by atoms with E-state index in [9.17, 15) is 4.79 Å². The molecular weight excluding hydrogens is 310 g/mol. The van der Waals surface area contributed by atoms with Gasteiger partial charge in [-0.15, -0.1) is 0 Å². The largest absolute Gasteiger partial charge is 0.481 e. The molecule has 0 heterocycles. The molecule has 122 valence electrons. The van der Waals surface area contributed by atoms with Crippen molar-refractivity contribution in [3.05, 3.63) is 58.1 Å². The van der Waals surface area contributed by atoms with Crippen LogP contribution in [0.25, 0.3) is 0 Å². The number of ether oxygens (including phenoxy) is 1. The Morgan fingerprint density at radius 2 is 1.83 bits per heavy atom. The number of rotatable bonds is 5. The second-order valence-electron chi connectivity index (χ2n) is 5.71. The van der Waals surface area contributed by atoms with Gasteiger partial charge in [-0.05, 0) is 74.2 Å². The van der Waals surface area contributed by atoms with Gasteiger partial charge in [-0.25, -0.2) is 0 Å². The quantitative estimate of drug-likeness (QED) is 0.831. The van der Waals surface area contributed by atoms with E-state index in [0.717, 1.165) is 16.8 Å². The zero-order chi connectivity index (χ0) is 17.0. The van der Waals surface area contributed by atoms with Crippen molar-refractivity contribution in [1.29, 1.82) is 0 Å². The SMILES string of the molecule is CC[C@@H](Oc1ccc(Cl)c(C)c1)C(=O)Nc1ccc(C)c(C)c1. The molecule has 2 aromatic rings. The second kappa shape index (κ2) is 7.51. The fourth-order valence-electron chi connectivity index (χ4n) is 2.22. The van der Waals surface area contributed by atoms with Gasteiger partial charge in [0.2, 0.25) is 0 Å². The molecule has 0 radical (unpaired) electrons. The molecule has 23 heavy (non-hydrogen) atoms. The lowest BCUT2D eigenvalue weighted by Crippen LogP contribution is -2.32. The lowest BCUT2D eigenvalue weighted by Gasteiger charge is -2.18. The molecule has 2 rings (SSSR count). The van der Waals surface area contributed by atoms with Gasteiger partial charge >= 0.3 is 0 Å². The summed E-state index contributed by atoms with van der Waals surface area (Å²) >= 11 is 6.01. The zero-order valence-corrected chi connectivity index (χ0v) is 14.7. The molecule has 0 aromatic heterocycles. The molecule has 0 aliphatic rings. The van der Waals surface area contributed by atoms with Gasteiger partial charge in [0.1, 0.15) is 5.75 Å². The lowest BCUT2D eigenvalue weighted by molar-refractivity contribution is -0.122. The van der Waals surface area contributed by atoms with Crippen LogP contribution in [0.15, 0.2) is 36.4 Å². The minimum atomic E-state index is -0.544. The average Bonchev–Trinajstić information content (AvgIpc) is 2.52. The van der Waals surface area contributed by atoms with E-state index in [1.165, 1.54) is 5.56 Å². The molecule has 0 saturated heterocycles. The van der Waals surface area contributed by atoms with Crippen LogP contribution in [0.3, 0.4) is 0 Å². The maximum atomic E-state index is 12.4. The summed E-state index contributed by atoms with van der Waals surface area (Å²) in [4.78, 5) is 12.4. The van der Waals surface area contributed by atoms with Crippen LogP contribution in [-0.2, 0) is 4.79 Å². The maximum absolute atomic E-state index is 12.4. The van der Waals surface area contributed by atoms with E-state index in [2.05, 4.69) is 5.32 Å². The minimum Gasteiger partial charge on any atom is -0.481 e. The first-order valence-electron chi connectivity index (χ1n) is 7.71. The Morgan fingerprint density at radius 3 is 2.43 bits per heavy atom. The first-order valence-corrected chi connectivity index (χ1v) is 8.09. The standard InChI is InChI=1S/C19H22ClNO2/c1-5-18(23-16-8-9-17(20)14(4)11-16)19(22)21-15-7-6-12(2)13(3)10-15/h6-11,18H,5H2,1-4H3,(H,21,22)/t18-/m1/s1. The molecule has 1 atom stereocenters. The fraction of sp³-hybridized carbons (Fsp3) is 0.316. The Labute approximate surface area is 142 Å². The third-order valence-electron chi connectivity index (χ3n) is 3.85. The van der Waals surface area contributed by atoms with E-state index in [1.54, 1.807) is 12.1 Å². The number of carbonyl (C=O) groups excluding carboxylic acids is 1. The lowest BCUT2D eigenvalue weighted by atomic mass is 10.1. The van der Waals surface area contributed by atoms with E-state index >= 15 is 0 Å². The van der Waals surface area contributed by atoms with Crippen LogP contribution in [0.5, 0.6) is 5.75 Å². The van der Waals surface area contributed by atoms with Crippen LogP contribution in [0.2, 0.25) is 5.02 Å². The van der Waals surface area contributed by atoms with E-state index < -0.39 is 6.10 Å². The Bertz CT molecular complexity index is 713. The highest BCUT2D eigenvalue weighted by molar-refractivity contribution is 6.31. The number of amides is 1. The third kappa shape index (κ3) is 4.49. The van der Waals surface area contributed by atoms with E-state index in [1.807, 2.05) is 52.0 Å². The number of carbonyl (C=O) groups is 1.